The quantitative estimate of drug-likeness (QED) is 0.591. The fraction of sp³-hybridized carbons (Fsp3) is 0.304. The van der Waals surface area contributed by atoms with Crippen molar-refractivity contribution in [1.82, 2.24) is 15.1 Å². The summed E-state index contributed by atoms with van der Waals surface area (Å²) in [5, 5.41) is 9.13. The van der Waals surface area contributed by atoms with Crippen LogP contribution in [-0.4, -0.2) is 15.8 Å². The molecule has 2 N–H and O–H groups in total. The Labute approximate surface area is 178 Å². The van der Waals surface area contributed by atoms with Crippen LogP contribution in [0.15, 0.2) is 42.5 Å². The number of nitrogens with one attached hydrogen (secondary N) is 2. The monoisotopic (exact) mass is 428 g/mol. The lowest BCUT2D eigenvalue weighted by atomic mass is 10.1. The summed E-state index contributed by atoms with van der Waals surface area (Å²) in [5.74, 6) is 0. The van der Waals surface area contributed by atoms with Gasteiger partial charge in [-0.15, -0.1) is 0 Å². The number of hydrogen-bond donors (Lipinski definition) is 2. The van der Waals surface area contributed by atoms with Crippen LogP contribution < -0.4 is 10.6 Å². The van der Waals surface area contributed by atoms with E-state index in [-0.39, 0.29) is 12.2 Å². The van der Waals surface area contributed by atoms with Crippen molar-refractivity contribution in [1.29, 1.82) is 0 Å². The highest BCUT2D eigenvalue weighted by Gasteiger charge is 2.35. The molecule has 0 saturated heterocycles. The van der Waals surface area contributed by atoms with Gasteiger partial charge in [0.15, 0.2) is 5.69 Å². The number of hydrogen-bond acceptors (Lipinski definition) is 2. The maximum absolute atomic E-state index is 13.3. The number of urea groups is 1. The number of fused-ring (bicyclic) bond motifs is 1. The molecule has 3 aromatic rings. The molecule has 0 fully saturated rings. The Kier molecular flexibility index (Phi) is 5.47. The van der Waals surface area contributed by atoms with Crippen LogP contribution in [0, 0.1) is 13.8 Å². The van der Waals surface area contributed by atoms with E-state index in [1.807, 2.05) is 38.1 Å². The molecule has 1 aliphatic carbocycles. The van der Waals surface area contributed by atoms with Gasteiger partial charge in [-0.25, -0.2) is 9.48 Å². The van der Waals surface area contributed by atoms with Crippen molar-refractivity contribution in [2.24, 2.45) is 0 Å². The van der Waals surface area contributed by atoms with Gasteiger partial charge < -0.3 is 10.6 Å². The number of benzene rings is 2. The third-order valence-electron chi connectivity index (χ3n) is 5.60. The van der Waals surface area contributed by atoms with Crippen LogP contribution in [0.4, 0.5) is 23.7 Å². The molecule has 0 aliphatic heterocycles. The third-order valence-corrected chi connectivity index (χ3v) is 5.60. The van der Waals surface area contributed by atoms with Gasteiger partial charge in [-0.05, 0) is 85.7 Å². The van der Waals surface area contributed by atoms with Crippen LogP contribution in [0.2, 0.25) is 0 Å². The van der Waals surface area contributed by atoms with Gasteiger partial charge in [-0.1, -0.05) is 12.1 Å². The standard InChI is InChI=1S/C23H23F3N4O/c1-14-6-9-19(10-15(14)2)30-20(12-21(29-30)23(24,25)26)13-27-22(31)28-18-8-7-16-4-3-5-17(16)11-18/h6-12H,3-5,13H2,1-2H3,(H2,27,28,31). The number of nitrogens with zero attached hydrogens (tertiary/aromatic N) is 2. The second kappa shape index (κ2) is 8.09. The van der Waals surface area contributed by atoms with Crippen LogP contribution in [-0.2, 0) is 25.6 Å². The predicted octanol–water partition coefficient (Wildman–Crippen LogP) is 5.32. The van der Waals surface area contributed by atoms with Gasteiger partial charge in [0.1, 0.15) is 0 Å². The molecule has 0 atom stereocenters. The fourth-order valence-electron chi connectivity index (χ4n) is 3.76. The lowest BCUT2D eigenvalue weighted by Crippen LogP contribution is -2.29. The molecule has 2 aromatic carbocycles. The minimum atomic E-state index is -4.58. The molecular formula is C23H23F3N4O. The van der Waals surface area contributed by atoms with Crippen LogP contribution in [0.25, 0.3) is 5.69 Å². The van der Waals surface area contributed by atoms with E-state index in [0.29, 0.717) is 11.4 Å². The van der Waals surface area contributed by atoms with Gasteiger partial charge in [0, 0.05) is 5.69 Å². The van der Waals surface area contributed by atoms with Gasteiger partial charge in [0.05, 0.1) is 17.9 Å². The van der Waals surface area contributed by atoms with E-state index in [4.69, 9.17) is 0 Å². The molecular weight excluding hydrogens is 405 g/mol. The zero-order valence-corrected chi connectivity index (χ0v) is 17.3. The van der Waals surface area contributed by atoms with E-state index in [1.54, 1.807) is 12.1 Å². The van der Waals surface area contributed by atoms with E-state index in [9.17, 15) is 18.0 Å². The maximum atomic E-state index is 13.3. The predicted molar refractivity (Wildman–Crippen MR) is 112 cm³/mol. The molecule has 0 saturated carbocycles. The van der Waals surface area contributed by atoms with Crippen LogP contribution in [0.5, 0.6) is 0 Å². The number of rotatable bonds is 4. The van der Waals surface area contributed by atoms with Gasteiger partial charge in [0.2, 0.25) is 0 Å². The summed E-state index contributed by atoms with van der Waals surface area (Å²) in [4.78, 5) is 12.4. The molecule has 1 heterocycles. The third kappa shape index (κ3) is 4.57. The molecule has 0 bridgehead atoms. The largest absolute Gasteiger partial charge is 0.435 e. The van der Waals surface area contributed by atoms with Gasteiger partial charge >= 0.3 is 12.2 Å². The highest BCUT2D eigenvalue weighted by Crippen LogP contribution is 2.30. The molecule has 0 unspecified atom stereocenters. The second-order valence-electron chi connectivity index (χ2n) is 7.84. The summed E-state index contributed by atoms with van der Waals surface area (Å²) in [6, 6.07) is 11.6. The number of aromatic nitrogens is 2. The van der Waals surface area contributed by atoms with E-state index in [1.165, 1.54) is 15.8 Å². The van der Waals surface area contributed by atoms with Gasteiger partial charge in [-0.2, -0.15) is 18.3 Å². The highest BCUT2D eigenvalue weighted by molar-refractivity contribution is 5.89. The summed E-state index contributed by atoms with van der Waals surface area (Å²) < 4.78 is 41.0. The van der Waals surface area contributed by atoms with Crippen LogP contribution in [0.3, 0.4) is 0 Å². The van der Waals surface area contributed by atoms with Gasteiger partial charge in [0.25, 0.3) is 0 Å². The lowest BCUT2D eigenvalue weighted by Gasteiger charge is -2.12. The topological polar surface area (TPSA) is 59.0 Å². The number of carbonyl (C=O) groups is 1. The number of anilines is 1. The van der Waals surface area contributed by atoms with Crippen LogP contribution in [0.1, 0.15) is 40.1 Å². The zero-order chi connectivity index (χ0) is 22.2. The molecule has 2 amide bonds. The average molecular weight is 428 g/mol. The first-order chi connectivity index (χ1) is 14.7. The van der Waals surface area contributed by atoms with E-state index >= 15 is 0 Å². The molecule has 1 aliphatic rings. The molecule has 0 spiro atoms. The first-order valence-electron chi connectivity index (χ1n) is 10.1. The Bertz CT molecular complexity index is 1130. The van der Waals surface area contributed by atoms with Crippen molar-refractivity contribution < 1.29 is 18.0 Å². The Morgan fingerprint density at radius 2 is 1.81 bits per heavy atom. The summed E-state index contributed by atoms with van der Waals surface area (Å²) in [5.41, 5.74) is 4.89. The fourth-order valence-corrected chi connectivity index (χ4v) is 3.76. The number of alkyl halides is 3. The van der Waals surface area contributed by atoms with Crippen molar-refractivity contribution in [2.45, 2.75) is 45.8 Å². The van der Waals surface area contributed by atoms with Crippen LogP contribution >= 0.6 is 0 Å². The van der Waals surface area contributed by atoms with E-state index < -0.39 is 17.9 Å². The Balaban J connectivity index is 1.52. The Hall–Kier alpha value is -3.29. The Morgan fingerprint density at radius 1 is 1.03 bits per heavy atom. The number of carbonyl (C=O) groups excluding carboxylic acids is 1. The van der Waals surface area contributed by atoms with Crippen molar-refractivity contribution in [3.63, 3.8) is 0 Å². The molecule has 0 radical (unpaired) electrons. The lowest BCUT2D eigenvalue weighted by molar-refractivity contribution is -0.141. The molecule has 162 valence electrons. The average Bonchev–Trinajstić information content (AvgIpc) is 3.35. The highest BCUT2D eigenvalue weighted by atomic mass is 19.4. The summed E-state index contributed by atoms with van der Waals surface area (Å²) in [6.45, 7) is 3.71. The van der Waals surface area contributed by atoms with Gasteiger partial charge in [-0.3, -0.25) is 0 Å². The number of amides is 2. The molecule has 5 nitrogen and oxygen atoms in total. The maximum Gasteiger partial charge on any atom is 0.435 e. The van der Waals surface area contributed by atoms with E-state index in [2.05, 4.69) is 15.7 Å². The molecule has 8 heteroatoms. The zero-order valence-electron chi connectivity index (χ0n) is 17.3. The SMILES string of the molecule is Cc1ccc(-n2nc(C(F)(F)F)cc2CNC(=O)Nc2ccc3c(c2)CCC3)cc1C. The minimum Gasteiger partial charge on any atom is -0.332 e. The van der Waals surface area contributed by atoms with Crippen molar-refractivity contribution in [3.05, 3.63) is 76.1 Å². The normalized spacial score (nSPS) is 13.2. The van der Waals surface area contributed by atoms with Crippen molar-refractivity contribution in [3.8, 4) is 5.69 Å². The summed E-state index contributed by atoms with van der Waals surface area (Å²) in [7, 11) is 0. The first-order valence-corrected chi connectivity index (χ1v) is 10.1. The Morgan fingerprint density at radius 3 is 2.55 bits per heavy atom. The number of halogens is 3. The summed E-state index contributed by atoms with van der Waals surface area (Å²) >= 11 is 0. The van der Waals surface area contributed by atoms with Crippen molar-refractivity contribution in [2.75, 3.05) is 5.32 Å². The summed E-state index contributed by atoms with van der Waals surface area (Å²) in [6.07, 6.45) is -1.44. The first kappa shape index (κ1) is 21.0. The minimum absolute atomic E-state index is 0.104. The number of aryl methyl sites for hydroxylation is 4. The van der Waals surface area contributed by atoms with E-state index in [0.717, 1.165) is 36.5 Å². The molecule has 4 rings (SSSR count). The molecule has 31 heavy (non-hydrogen) atoms. The van der Waals surface area contributed by atoms with Crippen molar-refractivity contribution >= 4 is 11.7 Å². The second-order valence-corrected chi connectivity index (χ2v) is 7.84. The smallest absolute Gasteiger partial charge is 0.332 e. The molecule has 1 aromatic heterocycles.